The van der Waals surface area contributed by atoms with Gasteiger partial charge in [0, 0.05) is 15.5 Å². The molecule has 0 aromatic heterocycles. The van der Waals surface area contributed by atoms with Gasteiger partial charge in [-0.05, 0) is 43.3 Å². The monoisotopic (exact) mass is 393 g/mol. The Kier molecular flexibility index (Phi) is 6.37. The van der Waals surface area contributed by atoms with Gasteiger partial charge in [0.05, 0.1) is 0 Å². The van der Waals surface area contributed by atoms with Crippen molar-refractivity contribution in [2.45, 2.75) is 20.8 Å². The number of anilines is 1. The van der Waals surface area contributed by atoms with E-state index in [1.54, 1.807) is 0 Å². The first-order chi connectivity index (χ1) is 13.1. The molecule has 0 saturated carbocycles. The molecule has 0 fully saturated rings. The smallest absolute Gasteiger partial charge is 0.259 e. The van der Waals surface area contributed by atoms with E-state index in [2.05, 4.69) is 5.32 Å². The van der Waals surface area contributed by atoms with Crippen molar-refractivity contribution in [2.24, 2.45) is 0 Å². The number of para-hydroxylation sites is 1. The van der Waals surface area contributed by atoms with Gasteiger partial charge in [-0.1, -0.05) is 78.1 Å². The molecule has 0 unspecified atom stereocenters. The summed E-state index contributed by atoms with van der Waals surface area (Å²) in [6.07, 6.45) is 0. The topological polar surface area (TPSA) is 46.2 Å². The van der Waals surface area contributed by atoms with Gasteiger partial charge in [0.25, 0.3) is 5.91 Å². The van der Waals surface area contributed by atoms with E-state index >= 15 is 0 Å². The molecule has 0 atom stereocenters. The third-order valence-corrected chi connectivity index (χ3v) is 6.84. The minimum Gasteiger partial charge on any atom is -0.324 e. The van der Waals surface area contributed by atoms with Crippen LogP contribution >= 0.6 is 23.5 Å². The number of hydrogen-bond acceptors (Lipinski definition) is 4. The molecular weight excluding hydrogens is 374 g/mol. The van der Waals surface area contributed by atoms with E-state index in [1.165, 1.54) is 30.4 Å². The van der Waals surface area contributed by atoms with Crippen LogP contribution in [0, 0.1) is 0 Å². The van der Waals surface area contributed by atoms with E-state index in [9.17, 15) is 9.59 Å². The quantitative estimate of drug-likeness (QED) is 0.327. The van der Waals surface area contributed by atoms with E-state index < -0.39 is 4.08 Å². The van der Waals surface area contributed by atoms with Crippen LogP contribution in [0.5, 0.6) is 0 Å². The highest BCUT2D eigenvalue weighted by atomic mass is 32.2. The van der Waals surface area contributed by atoms with Crippen LogP contribution in [-0.4, -0.2) is 15.8 Å². The molecule has 0 heterocycles. The zero-order chi connectivity index (χ0) is 19.1. The average molecular weight is 394 g/mol. The zero-order valence-corrected chi connectivity index (χ0v) is 16.4. The van der Waals surface area contributed by atoms with Crippen molar-refractivity contribution >= 4 is 40.9 Å². The lowest BCUT2D eigenvalue weighted by Gasteiger charge is -2.29. The van der Waals surface area contributed by atoms with E-state index in [0.717, 1.165) is 9.79 Å². The highest BCUT2D eigenvalue weighted by Gasteiger charge is 2.46. The van der Waals surface area contributed by atoms with Crippen molar-refractivity contribution in [3.05, 3.63) is 91.0 Å². The van der Waals surface area contributed by atoms with Crippen LogP contribution in [0.4, 0.5) is 5.69 Å². The van der Waals surface area contributed by atoms with Gasteiger partial charge in [0.15, 0.2) is 5.78 Å². The minimum absolute atomic E-state index is 0.210. The van der Waals surface area contributed by atoms with Gasteiger partial charge in [0.1, 0.15) is 0 Å². The summed E-state index contributed by atoms with van der Waals surface area (Å²) in [5.41, 5.74) is 0.662. The maximum Gasteiger partial charge on any atom is 0.259 e. The van der Waals surface area contributed by atoms with Gasteiger partial charge >= 0.3 is 0 Å². The number of Topliss-reactive ketones (excluding diaryl/α,β-unsaturated/α-hetero) is 1. The molecule has 1 N–H and O–H groups in total. The zero-order valence-electron chi connectivity index (χ0n) is 14.8. The first kappa shape index (κ1) is 19.3. The van der Waals surface area contributed by atoms with Gasteiger partial charge in [-0.15, -0.1) is 0 Å². The number of hydrogen-bond donors (Lipinski definition) is 1. The summed E-state index contributed by atoms with van der Waals surface area (Å²) >= 11 is 2.54. The van der Waals surface area contributed by atoms with Gasteiger partial charge < -0.3 is 5.32 Å². The summed E-state index contributed by atoms with van der Waals surface area (Å²) in [5.74, 6) is -0.553. The first-order valence-electron chi connectivity index (χ1n) is 8.46. The summed E-state index contributed by atoms with van der Waals surface area (Å²) in [6, 6.07) is 28.2. The molecule has 27 heavy (non-hydrogen) atoms. The van der Waals surface area contributed by atoms with Gasteiger partial charge in [-0.25, -0.2) is 0 Å². The number of ketones is 1. The normalized spacial score (nSPS) is 11.0. The van der Waals surface area contributed by atoms with Crippen LogP contribution in [0.15, 0.2) is 101 Å². The summed E-state index contributed by atoms with van der Waals surface area (Å²) in [4.78, 5) is 27.8. The molecule has 0 bridgehead atoms. The second-order valence-electron chi connectivity index (χ2n) is 5.82. The van der Waals surface area contributed by atoms with Crippen molar-refractivity contribution in [3.8, 4) is 0 Å². The van der Waals surface area contributed by atoms with Crippen molar-refractivity contribution in [1.29, 1.82) is 0 Å². The number of carbonyl (C=O) groups is 2. The third-order valence-electron chi connectivity index (χ3n) is 3.80. The Morgan fingerprint density at radius 3 is 1.52 bits per heavy atom. The van der Waals surface area contributed by atoms with Crippen molar-refractivity contribution in [3.63, 3.8) is 0 Å². The van der Waals surface area contributed by atoms with Crippen molar-refractivity contribution in [2.75, 3.05) is 5.32 Å². The predicted octanol–water partition coefficient (Wildman–Crippen LogP) is 5.50. The summed E-state index contributed by atoms with van der Waals surface area (Å²) < 4.78 is -1.33. The fraction of sp³-hybridized carbons (Fsp3) is 0.0909. The number of rotatable bonds is 7. The third kappa shape index (κ3) is 4.81. The van der Waals surface area contributed by atoms with E-state index in [1.807, 2.05) is 91.0 Å². The molecule has 3 rings (SSSR count). The van der Waals surface area contributed by atoms with E-state index in [0.29, 0.717) is 5.69 Å². The number of thioether (sulfide) groups is 2. The molecule has 0 aliphatic heterocycles. The Morgan fingerprint density at radius 1 is 0.704 bits per heavy atom. The number of benzene rings is 3. The highest BCUT2D eigenvalue weighted by molar-refractivity contribution is 8.20. The minimum atomic E-state index is -1.33. The molecule has 0 aliphatic rings. The van der Waals surface area contributed by atoms with E-state index in [-0.39, 0.29) is 11.7 Å². The highest BCUT2D eigenvalue weighted by Crippen LogP contribution is 2.47. The molecule has 3 aromatic carbocycles. The number of nitrogens with one attached hydrogen (secondary N) is 1. The van der Waals surface area contributed by atoms with Crippen LogP contribution in [0.25, 0.3) is 0 Å². The van der Waals surface area contributed by atoms with Crippen LogP contribution in [0.1, 0.15) is 6.92 Å². The lowest BCUT2D eigenvalue weighted by molar-refractivity contribution is -0.124. The second-order valence-corrected chi connectivity index (χ2v) is 8.66. The standard InChI is InChI=1S/C22H19NO2S2/c1-17(24)22(26-19-13-7-3-8-14-19,27-20-15-9-4-10-16-20)21(25)23-18-11-5-2-6-12-18/h2-16H,1H3,(H,23,25). The van der Waals surface area contributed by atoms with Crippen molar-refractivity contribution in [1.82, 2.24) is 0 Å². The maximum atomic E-state index is 13.3. The Morgan fingerprint density at radius 2 is 1.11 bits per heavy atom. The predicted molar refractivity (Wildman–Crippen MR) is 113 cm³/mol. The Balaban J connectivity index is 1.99. The number of carbonyl (C=O) groups excluding carboxylic acids is 2. The van der Waals surface area contributed by atoms with Gasteiger partial charge in [0.2, 0.25) is 4.08 Å². The molecule has 3 aromatic rings. The molecule has 136 valence electrons. The molecule has 1 amide bonds. The summed E-state index contributed by atoms with van der Waals surface area (Å²) in [5, 5.41) is 2.90. The molecule has 0 spiro atoms. The van der Waals surface area contributed by atoms with Gasteiger partial charge in [-0.2, -0.15) is 0 Å². The van der Waals surface area contributed by atoms with Crippen LogP contribution < -0.4 is 5.32 Å². The fourth-order valence-electron chi connectivity index (χ4n) is 2.46. The largest absolute Gasteiger partial charge is 0.324 e. The summed E-state index contributed by atoms with van der Waals surface area (Å²) in [6.45, 7) is 1.47. The molecule has 0 aliphatic carbocycles. The molecule has 3 nitrogen and oxygen atoms in total. The van der Waals surface area contributed by atoms with Crippen LogP contribution in [0.3, 0.4) is 0 Å². The van der Waals surface area contributed by atoms with Crippen LogP contribution in [-0.2, 0) is 9.59 Å². The Hall–Kier alpha value is -2.50. The fourth-order valence-corrected chi connectivity index (χ4v) is 5.03. The second kappa shape index (κ2) is 8.93. The number of amides is 1. The average Bonchev–Trinajstić information content (AvgIpc) is 2.69. The molecule has 0 radical (unpaired) electrons. The van der Waals surface area contributed by atoms with E-state index in [4.69, 9.17) is 0 Å². The van der Waals surface area contributed by atoms with Crippen molar-refractivity contribution < 1.29 is 9.59 Å². The molecule has 5 heteroatoms. The lowest BCUT2D eigenvalue weighted by Crippen LogP contribution is -2.43. The Bertz CT molecular complexity index is 858. The first-order valence-corrected chi connectivity index (χ1v) is 10.1. The van der Waals surface area contributed by atoms with Gasteiger partial charge in [-0.3, -0.25) is 9.59 Å². The Labute approximate surface area is 167 Å². The summed E-state index contributed by atoms with van der Waals surface area (Å²) in [7, 11) is 0. The molecule has 0 saturated heterocycles. The maximum absolute atomic E-state index is 13.3. The van der Waals surface area contributed by atoms with Crippen LogP contribution in [0.2, 0.25) is 0 Å². The SMILES string of the molecule is CC(=O)C(Sc1ccccc1)(Sc1ccccc1)C(=O)Nc1ccccc1. The molecular formula is C22H19NO2S2. The lowest BCUT2D eigenvalue weighted by atomic mass is 10.2.